The van der Waals surface area contributed by atoms with Crippen LogP contribution in [0.15, 0.2) is 30.7 Å². The smallest absolute Gasteiger partial charge is 0.237 e. The van der Waals surface area contributed by atoms with Crippen LogP contribution in [0.4, 0.5) is 11.6 Å². The van der Waals surface area contributed by atoms with Crippen LogP contribution in [0, 0.1) is 13.8 Å². The Bertz CT molecular complexity index is 1020. The molecule has 0 amide bonds. The molecule has 1 saturated heterocycles. The van der Waals surface area contributed by atoms with Gasteiger partial charge in [0.2, 0.25) is 5.95 Å². The molecular weight excluding hydrogens is 380 g/mol. The van der Waals surface area contributed by atoms with E-state index in [2.05, 4.69) is 43.6 Å². The molecule has 1 aliphatic rings. The highest BCUT2D eigenvalue weighted by molar-refractivity contribution is 5.48. The lowest BCUT2D eigenvalue weighted by atomic mass is 10.1. The van der Waals surface area contributed by atoms with Crippen LogP contribution in [0.1, 0.15) is 44.2 Å². The number of aliphatic hydroxyl groups is 1. The molecule has 9 nitrogen and oxygen atoms in total. The quantitative estimate of drug-likeness (QED) is 0.702. The fourth-order valence-electron chi connectivity index (χ4n) is 4.12. The fraction of sp³-hybridized carbons (Fsp3) is 0.476. The van der Waals surface area contributed by atoms with Crippen molar-refractivity contribution < 1.29 is 5.11 Å². The summed E-state index contributed by atoms with van der Waals surface area (Å²) in [6.07, 6.45) is 4.77. The third-order valence-corrected chi connectivity index (χ3v) is 5.39. The summed E-state index contributed by atoms with van der Waals surface area (Å²) in [6, 6.07) is 4.28. The summed E-state index contributed by atoms with van der Waals surface area (Å²) in [5.41, 5.74) is 0.943. The minimum Gasteiger partial charge on any atom is -0.385 e. The predicted molar refractivity (Wildman–Crippen MR) is 115 cm³/mol. The van der Waals surface area contributed by atoms with E-state index in [1.54, 1.807) is 19.3 Å². The number of piperazine rings is 1. The highest BCUT2D eigenvalue weighted by Crippen LogP contribution is 2.26. The maximum absolute atomic E-state index is 9.84. The van der Waals surface area contributed by atoms with Crippen LogP contribution in [-0.4, -0.2) is 59.8 Å². The van der Waals surface area contributed by atoms with E-state index in [9.17, 15) is 5.11 Å². The van der Waals surface area contributed by atoms with E-state index in [1.807, 2.05) is 36.7 Å². The SMILES string of the molecule is Cc1cn(-c2nccc(N3C[C@@H](C)N(c4ccnc([C@@H](C)O)n4)[C@@H](C)C3)n2)c(C)n1. The van der Waals surface area contributed by atoms with E-state index < -0.39 is 6.10 Å². The van der Waals surface area contributed by atoms with E-state index in [-0.39, 0.29) is 12.1 Å². The molecule has 1 N–H and O–H groups in total. The molecule has 4 rings (SSSR count). The lowest BCUT2D eigenvalue weighted by Gasteiger charge is -2.45. The Labute approximate surface area is 176 Å². The van der Waals surface area contributed by atoms with Gasteiger partial charge in [-0.25, -0.2) is 19.9 Å². The third kappa shape index (κ3) is 3.85. The summed E-state index contributed by atoms with van der Waals surface area (Å²) in [5.74, 6) is 3.69. The van der Waals surface area contributed by atoms with Crippen molar-refractivity contribution in [1.29, 1.82) is 0 Å². The van der Waals surface area contributed by atoms with Gasteiger partial charge in [0.15, 0.2) is 5.82 Å². The number of aromatic nitrogens is 6. The second kappa shape index (κ2) is 7.98. The van der Waals surface area contributed by atoms with Crippen LogP contribution in [0.2, 0.25) is 0 Å². The second-order valence-corrected chi connectivity index (χ2v) is 7.97. The molecule has 3 aromatic heterocycles. The van der Waals surface area contributed by atoms with Crippen molar-refractivity contribution in [3.05, 3.63) is 48.1 Å². The first kappa shape index (κ1) is 20.2. The zero-order valence-electron chi connectivity index (χ0n) is 18.1. The van der Waals surface area contributed by atoms with E-state index in [0.29, 0.717) is 11.8 Å². The van der Waals surface area contributed by atoms with E-state index in [4.69, 9.17) is 4.98 Å². The molecule has 3 atom stereocenters. The van der Waals surface area contributed by atoms with Crippen molar-refractivity contribution in [1.82, 2.24) is 29.5 Å². The Morgan fingerprint density at radius 3 is 2.27 bits per heavy atom. The number of aliphatic hydroxyl groups excluding tert-OH is 1. The lowest BCUT2D eigenvalue weighted by Crippen LogP contribution is -2.57. The molecule has 3 aromatic rings. The largest absolute Gasteiger partial charge is 0.385 e. The van der Waals surface area contributed by atoms with Gasteiger partial charge >= 0.3 is 0 Å². The number of imidazole rings is 1. The second-order valence-electron chi connectivity index (χ2n) is 7.97. The molecule has 30 heavy (non-hydrogen) atoms. The maximum atomic E-state index is 9.84. The summed E-state index contributed by atoms with van der Waals surface area (Å²) in [7, 11) is 0. The number of nitrogens with zero attached hydrogens (tertiary/aromatic N) is 8. The zero-order valence-corrected chi connectivity index (χ0v) is 18.1. The number of rotatable bonds is 4. The van der Waals surface area contributed by atoms with Crippen molar-refractivity contribution in [3.63, 3.8) is 0 Å². The molecule has 9 heteroatoms. The maximum Gasteiger partial charge on any atom is 0.237 e. The monoisotopic (exact) mass is 408 g/mol. The average Bonchev–Trinajstić information content (AvgIpc) is 3.06. The molecular formula is C21H28N8O. The van der Waals surface area contributed by atoms with E-state index >= 15 is 0 Å². The Morgan fingerprint density at radius 1 is 0.967 bits per heavy atom. The summed E-state index contributed by atoms with van der Waals surface area (Å²) < 4.78 is 1.92. The lowest BCUT2D eigenvalue weighted by molar-refractivity contribution is 0.189. The number of aryl methyl sites for hydroxylation is 2. The molecule has 0 aromatic carbocycles. The molecule has 0 aliphatic carbocycles. The average molecular weight is 409 g/mol. The van der Waals surface area contributed by atoms with Crippen molar-refractivity contribution in [2.24, 2.45) is 0 Å². The van der Waals surface area contributed by atoms with Gasteiger partial charge in [0, 0.05) is 43.8 Å². The summed E-state index contributed by atoms with van der Waals surface area (Å²) in [5, 5.41) is 9.84. The van der Waals surface area contributed by atoms with Gasteiger partial charge in [-0.3, -0.25) is 4.57 Å². The first-order valence-electron chi connectivity index (χ1n) is 10.2. The van der Waals surface area contributed by atoms with Gasteiger partial charge in [-0.15, -0.1) is 0 Å². The minimum absolute atomic E-state index is 0.209. The van der Waals surface area contributed by atoms with Crippen molar-refractivity contribution in [3.8, 4) is 5.95 Å². The van der Waals surface area contributed by atoms with Gasteiger partial charge in [-0.1, -0.05) is 0 Å². The molecule has 0 unspecified atom stereocenters. The van der Waals surface area contributed by atoms with Gasteiger partial charge in [-0.05, 0) is 46.8 Å². The highest BCUT2D eigenvalue weighted by atomic mass is 16.3. The molecule has 0 bridgehead atoms. The van der Waals surface area contributed by atoms with Crippen molar-refractivity contribution >= 4 is 11.6 Å². The van der Waals surface area contributed by atoms with Gasteiger partial charge in [-0.2, -0.15) is 4.98 Å². The van der Waals surface area contributed by atoms with Crippen LogP contribution in [0.5, 0.6) is 0 Å². The highest BCUT2D eigenvalue weighted by Gasteiger charge is 2.31. The Kier molecular flexibility index (Phi) is 5.38. The minimum atomic E-state index is -0.688. The topological polar surface area (TPSA) is 96.1 Å². The molecule has 0 saturated carbocycles. The Hall–Kier alpha value is -3.07. The van der Waals surface area contributed by atoms with Gasteiger partial charge < -0.3 is 14.9 Å². The number of hydrogen-bond donors (Lipinski definition) is 1. The summed E-state index contributed by atoms with van der Waals surface area (Å²) >= 11 is 0. The van der Waals surface area contributed by atoms with Gasteiger partial charge in [0.25, 0.3) is 0 Å². The predicted octanol–water partition coefficient (Wildman–Crippen LogP) is 2.23. The summed E-state index contributed by atoms with van der Waals surface area (Å²) in [6.45, 7) is 11.6. The van der Waals surface area contributed by atoms with Crippen molar-refractivity contribution in [2.45, 2.75) is 52.8 Å². The van der Waals surface area contributed by atoms with Gasteiger partial charge in [0.05, 0.1) is 5.69 Å². The fourth-order valence-corrected chi connectivity index (χ4v) is 4.12. The first-order valence-corrected chi connectivity index (χ1v) is 10.2. The molecule has 0 spiro atoms. The summed E-state index contributed by atoms with van der Waals surface area (Å²) in [4.78, 5) is 27.0. The molecule has 4 heterocycles. The number of hydrogen-bond acceptors (Lipinski definition) is 8. The van der Waals surface area contributed by atoms with Crippen molar-refractivity contribution in [2.75, 3.05) is 22.9 Å². The van der Waals surface area contributed by atoms with Crippen LogP contribution < -0.4 is 9.80 Å². The Morgan fingerprint density at radius 2 is 1.63 bits per heavy atom. The van der Waals surface area contributed by atoms with Crippen LogP contribution in [0.25, 0.3) is 5.95 Å². The van der Waals surface area contributed by atoms with E-state index in [0.717, 1.165) is 36.2 Å². The normalized spacial score (nSPS) is 20.5. The first-order chi connectivity index (χ1) is 14.3. The number of anilines is 2. The molecule has 0 radical (unpaired) electrons. The van der Waals surface area contributed by atoms with Crippen LogP contribution >= 0.6 is 0 Å². The van der Waals surface area contributed by atoms with Crippen LogP contribution in [-0.2, 0) is 0 Å². The molecule has 158 valence electrons. The molecule has 1 aliphatic heterocycles. The molecule has 1 fully saturated rings. The Balaban J connectivity index is 1.57. The zero-order chi connectivity index (χ0) is 21.4. The van der Waals surface area contributed by atoms with Gasteiger partial charge in [0.1, 0.15) is 23.6 Å². The standard InChI is InChI=1S/C21H28N8O/c1-13-10-28(17(5)24-13)21-23-9-6-18(26-21)27-11-14(2)29(15(3)12-27)19-7-8-22-20(25-19)16(4)30/h6-10,14-16,30H,11-12H2,1-5H3/t14-,15+,16-/m1/s1. The van der Waals surface area contributed by atoms with Crippen LogP contribution in [0.3, 0.4) is 0 Å². The van der Waals surface area contributed by atoms with E-state index in [1.165, 1.54) is 0 Å². The third-order valence-electron chi connectivity index (χ3n) is 5.39.